The van der Waals surface area contributed by atoms with Crippen LogP contribution in [-0.2, 0) is 23.1 Å². The van der Waals surface area contributed by atoms with Crippen LogP contribution >= 0.6 is 0 Å². The first-order valence-electron chi connectivity index (χ1n) is 9.27. The van der Waals surface area contributed by atoms with Gasteiger partial charge in [0.2, 0.25) is 0 Å². The summed E-state index contributed by atoms with van der Waals surface area (Å²) in [5.41, 5.74) is 0.0442. The number of rotatable bonds is 10. The maximum atomic E-state index is 5.62. The largest absolute Gasteiger partial charge is 0.382 e. The van der Waals surface area contributed by atoms with E-state index in [0.717, 1.165) is 43.8 Å². The normalized spacial score (nSPS) is 13.7. The topological polar surface area (TPSA) is 85.6 Å². The Morgan fingerprint density at radius 2 is 2.00 bits per heavy atom. The smallest absolute Gasteiger partial charge is 0.191 e. The first kappa shape index (κ1) is 22.4. The van der Waals surface area contributed by atoms with Crippen LogP contribution in [0.5, 0.6) is 0 Å². The third-order valence-electron chi connectivity index (χ3n) is 4.23. The average Bonchev–Trinajstić information content (AvgIpc) is 2.90. The minimum atomic E-state index is 0.0442. The Labute approximate surface area is 157 Å². The average molecular weight is 369 g/mol. The molecule has 0 bridgehead atoms. The van der Waals surface area contributed by atoms with Gasteiger partial charge in [-0.1, -0.05) is 20.8 Å². The number of ether oxygens (including phenoxy) is 2. The molecule has 0 saturated heterocycles. The first-order valence-corrected chi connectivity index (χ1v) is 9.27. The van der Waals surface area contributed by atoms with Crippen LogP contribution in [0, 0.1) is 12.3 Å². The highest BCUT2D eigenvalue weighted by molar-refractivity contribution is 5.79. The van der Waals surface area contributed by atoms with Gasteiger partial charge in [-0.05, 0) is 25.7 Å². The van der Waals surface area contributed by atoms with Crippen molar-refractivity contribution in [2.45, 2.75) is 53.7 Å². The van der Waals surface area contributed by atoms with Crippen molar-refractivity contribution in [2.75, 3.05) is 33.4 Å². The third-order valence-corrected chi connectivity index (χ3v) is 4.23. The molecule has 26 heavy (non-hydrogen) atoms. The van der Waals surface area contributed by atoms with Gasteiger partial charge >= 0.3 is 0 Å². The third kappa shape index (κ3) is 7.70. The number of nitrogens with one attached hydrogen (secondary N) is 2. The van der Waals surface area contributed by atoms with Gasteiger partial charge in [0.1, 0.15) is 12.4 Å². The van der Waals surface area contributed by atoms with E-state index in [-0.39, 0.29) is 11.5 Å². The number of hydrogen-bond donors (Lipinski definition) is 2. The molecule has 1 aromatic heterocycles. The summed E-state index contributed by atoms with van der Waals surface area (Å²) in [5.74, 6) is 2.45. The van der Waals surface area contributed by atoms with Crippen LogP contribution in [-0.4, -0.2) is 60.2 Å². The van der Waals surface area contributed by atoms with Crippen molar-refractivity contribution < 1.29 is 9.47 Å². The van der Waals surface area contributed by atoms with Crippen molar-refractivity contribution in [1.82, 2.24) is 25.4 Å². The molecule has 1 rings (SSSR count). The lowest BCUT2D eigenvalue weighted by molar-refractivity contribution is 0.0205. The standard InChI is InChI=1S/C18H36N6O2/c1-8-26-11-9-10-19-17(20-12-15(25-7)18(3,4)5)21-13-16-23-22-14(2)24(16)6/h15H,8-13H2,1-7H3,(H2,19,20,21). The zero-order chi connectivity index (χ0) is 19.6. The Morgan fingerprint density at radius 3 is 2.54 bits per heavy atom. The SMILES string of the molecule is CCOCCCNC(=NCc1nnc(C)n1C)NCC(OC)C(C)(C)C. The fourth-order valence-electron chi connectivity index (χ4n) is 2.37. The quantitative estimate of drug-likeness (QED) is 0.371. The maximum absolute atomic E-state index is 5.62. The Hall–Kier alpha value is -1.67. The van der Waals surface area contributed by atoms with Crippen molar-refractivity contribution in [1.29, 1.82) is 0 Å². The summed E-state index contributed by atoms with van der Waals surface area (Å²) in [6.07, 6.45) is 1.000. The molecule has 1 heterocycles. The molecule has 0 aliphatic heterocycles. The van der Waals surface area contributed by atoms with E-state index in [4.69, 9.17) is 9.47 Å². The zero-order valence-corrected chi connectivity index (χ0v) is 17.4. The number of guanidine groups is 1. The van der Waals surface area contributed by atoms with Gasteiger partial charge < -0.3 is 24.7 Å². The van der Waals surface area contributed by atoms with E-state index in [1.165, 1.54) is 0 Å². The second-order valence-electron chi connectivity index (χ2n) is 7.34. The van der Waals surface area contributed by atoms with Gasteiger partial charge in [0.15, 0.2) is 11.8 Å². The van der Waals surface area contributed by atoms with Gasteiger partial charge in [0, 0.05) is 40.5 Å². The maximum Gasteiger partial charge on any atom is 0.191 e. The van der Waals surface area contributed by atoms with Gasteiger partial charge in [0.25, 0.3) is 0 Å². The van der Waals surface area contributed by atoms with E-state index in [0.29, 0.717) is 13.1 Å². The predicted molar refractivity (Wildman–Crippen MR) is 104 cm³/mol. The number of hydrogen-bond acceptors (Lipinski definition) is 5. The second-order valence-corrected chi connectivity index (χ2v) is 7.34. The molecular formula is C18H36N6O2. The van der Waals surface area contributed by atoms with Gasteiger partial charge in [-0.3, -0.25) is 0 Å². The van der Waals surface area contributed by atoms with E-state index in [1.807, 2.05) is 25.5 Å². The van der Waals surface area contributed by atoms with Crippen molar-refractivity contribution in [3.8, 4) is 0 Å². The molecular weight excluding hydrogens is 332 g/mol. The van der Waals surface area contributed by atoms with Gasteiger partial charge in [-0.2, -0.15) is 0 Å². The second kappa shape index (κ2) is 11.1. The van der Waals surface area contributed by atoms with Crippen molar-refractivity contribution in [3.63, 3.8) is 0 Å². The van der Waals surface area contributed by atoms with Crippen LogP contribution in [0.3, 0.4) is 0 Å². The van der Waals surface area contributed by atoms with Crippen molar-refractivity contribution in [3.05, 3.63) is 11.6 Å². The lowest BCUT2D eigenvalue weighted by Crippen LogP contribution is -2.45. The van der Waals surface area contributed by atoms with Crippen LogP contribution in [0.2, 0.25) is 0 Å². The molecule has 0 aliphatic rings. The van der Waals surface area contributed by atoms with Crippen LogP contribution in [0.4, 0.5) is 0 Å². The summed E-state index contributed by atoms with van der Waals surface area (Å²) < 4.78 is 12.9. The fraction of sp³-hybridized carbons (Fsp3) is 0.833. The lowest BCUT2D eigenvalue weighted by atomic mass is 9.89. The Bertz CT molecular complexity index is 550. The lowest BCUT2D eigenvalue weighted by Gasteiger charge is -2.30. The Balaban J connectivity index is 2.68. The summed E-state index contributed by atoms with van der Waals surface area (Å²) in [6.45, 7) is 13.8. The first-order chi connectivity index (χ1) is 12.3. The minimum Gasteiger partial charge on any atom is -0.382 e. The molecule has 0 aromatic carbocycles. The number of aryl methyl sites for hydroxylation is 1. The minimum absolute atomic E-state index is 0.0442. The molecule has 0 spiro atoms. The monoisotopic (exact) mass is 368 g/mol. The van der Waals surface area contributed by atoms with Crippen LogP contribution < -0.4 is 10.6 Å². The molecule has 8 nitrogen and oxygen atoms in total. The molecule has 0 saturated carbocycles. The predicted octanol–water partition coefficient (Wildman–Crippen LogP) is 1.65. The molecule has 0 radical (unpaired) electrons. The summed E-state index contributed by atoms with van der Waals surface area (Å²) in [7, 11) is 3.69. The molecule has 8 heteroatoms. The summed E-state index contributed by atoms with van der Waals surface area (Å²) in [6, 6.07) is 0. The van der Waals surface area contributed by atoms with Crippen molar-refractivity contribution in [2.24, 2.45) is 17.5 Å². The number of methoxy groups -OCH3 is 1. The van der Waals surface area contributed by atoms with E-state index in [2.05, 4.69) is 46.6 Å². The molecule has 1 atom stereocenters. The van der Waals surface area contributed by atoms with Crippen molar-refractivity contribution >= 4 is 5.96 Å². The molecule has 2 N–H and O–H groups in total. The summed E-state index contributed by atoms with van der Waals surface area (Å²) >= 11 is 0. The highest BCUT2D eigenvalue weighted by Crippen LogP contribution is 2.20. The molecule has 0 amide bonds. The number of aliphatic imine (C=N–C) groups is 1. The van der Waals surface area contributed by atoms with Crippen LogP contribution in [0.1, 0.15) is 45.8 Å². The van der Waals surface area contributed by atoms with E-state index in [1.54, 1.807) is 7.11 Å². The van der Waals surface area contributed by atoms with Crippen LogP contribution in [0.15, 0.2) is 4.99 Å². The van der Waals surface area contributed by atoms with E-state index < -0.39 is 0 Å². The van der Waals surface area contributed by atoms with Gasteiger partial charge in [-0.25, -0.2) is 4.99 Å². The highest BCUT2D eigenvalue weighted by Gasteiger charge is 2.24. The van der Waals surface area contributed by atoms with E-state index in [9.17, 15) is 0 Å². The Morgan fingerprint density at radius 1 is 1.27 bits per heavy atom. The zero-order valence-electron chi connectivity index (χ0n) is 17.4. The molecule has 1 aromatic rings. The number of aromatic nitrogens is 3. The fourth-order valence-corrected chi connectivity index (χ4v) is 2.37. The molecule has 1 unspecified atom stereocenters. The van der Waals surface area contributed by atoms with E-state index >= 15 is 0 Å². The Kier molecular flexibility index (Phi) is 9.58. The molecule has 0 fully saturated rings. The number of nitrogens with zero attached hydrogens (tertiary/aromatic N) is 4. The molecule has 150 valence electrons. The highest BCUT2D eigenvalue weighted by atomic mass is 16.5. The summed E-state index contributed by atoms with van der Waals surface area (Å²) in [5, 5.41) is 15.0. The molecule has 0 aliphatic carbocycles. The summed E-state index contributed by atoms with van der Waals surface area (Å²) in [4.78, 5) is 4.65. The van der Waals surface area contributed by atoms with Gasteiger partial charge in [-0.15, -0.1) is 10.2 Å². The van der Waals surface area contributed by atoms with Crippen LogP contribution in [0.25, 0.3) is 0 Å². The van der Waals surface area contributed by atoms with Gasteiger partial charge in [0.05, 0.1) is 6.10 Å².